The largest absolute Gasteiger partial charge is 0.368 e. The molecule has 0 heterocycles. The molecule has 0 unspecified atom stereocenters. The van der Waals surface area contributed by atoms with Crippen molar-refractivity contribution in [3.8, 4) is 0 Å². The Morgan fingerprint density at radius 3 is 2.34 bits per heavy atom. The minimum atomic E-state index is -1.07. The summed E-state index contributed by atoms with van der Waals surface area (Å²) in [6, 6.07) is 8.86. The molecule has 4 N–H and O–H groups in total. The van der Waals surface area contributed by atoms with Gasteiger partial charge in [-0.1, -0.05) is 45.7 Å². The highest BCUT2D eigenvalue weighted by atomic mass is 79.9. The number of primary amides is 1. The lowest BCUT2D eigenvalue weighted by molar-refractivity contribution is -0.130. The Bertz CT molecular complexity index is 926. The quantitative estimate of drug-likeness (QED) is 0.536. The summed E-state index contributed by atoms with van der Waals surface area (Å²) >= 11 is 9.36. The molecule has 154 valence electrons. The van der Waals surface area contributed by atoms with Gasteiger partial charge >= 0.3 is 0 Å². The number of carbonyl (C=O) groups excluding carboxylic acids is 3. The first-order chi connectivity index (χ1) is 13.7. The van der Waals surface area contributed by atoms with E-state index in [9.17, 15) is 18.8 Å². The van der Waals surface area contributed by atoms with E-state index in [0.29, 0.717) is 15.1 Å². The van der Waals surface area contributed by atoms with Crippen molar-refractivity contribution in [2.75, 3.05) is 0 Å². The number of hydrogen-bond acceptors (Lipinski definition) is 3. The highest BCUT2D eigenvalue weighted by Crippen LogP contribution is 2.22. The smallest absolute Gasteiger partial charge is 0.243 e. The van der Waals surface area contributed by atoms with Crippen molar-refractivity contribution in [2.45, 2.75) is 31.8 Å². The molecule has 0 aliphatic heterocycles. The summed E-state index contributed by atoms with van der Waals surface area (Å²) < 4.78 is 14.7. The zero-order chi connectivity index (χ0) is 21.6. The Balaban J connectivity index is 2.19. The third-order valence-corrected chi connectivity index (χ3v) is 5.18. The minimum Gasteiger partial charge on any atom is -0.368 e. The number of benzene rings is 2. The van der Waals surface area contributed by atoms with Gasteiger partial charge in [0.05, 0.1) is 0 Å². The second-order valence-electron chi connectivity index (χ2n) is 6.45. The first-order valence-electron chi connectivity index (χ1n) is 8.71. The van der Waals surface area contributed by atoms with Crippen LogP contribution < -0.4 is 16.4 Å². The predicted octanol–water partition coefficient (Wildman–Crippen LogP) is 2.50. The van der Waals surface area contributed by atoms with Gasteiger partial charge in [-0.25, -0.2) is 4.39 Å². The SMILES string of the molecule is CC(=O)N[C@@H](Cc1ccccc1F)C(=O)N[C@H](Cc1cc(Cl)ccc1Br)C(N)=O. The Kier molecular flexibility index (Phi) is 8.16. The lowest BCUT2D eigenvalue weighted by Crippen LogP contribution is -2.54. The molecule has 0 bridgehead atoms. The summed E-state index contributed by atoms with van der Waals surface area (Å²) in [7, 11) is 0. The standard InChI is InChI=1S/C20H20BrClFN3O3/c1-11(27)25-18(9-12-4-2-3-5-16(12)23)20(29)26-17(19(24)28)10-13-8-14(22)6-7-15(13)21/h2-8,17-18H,9-10H2,1H3,(H2,24,28)(H,25,27)(H,26,29)/t17-,18+/m1/s1. The lowest BCUT2D eigenvalue weighted by atomic mass is 10.0. The average molecular weight is 485 g/mol. The molecule has 0 radical (unpaired) electrons. The van der Waals surface area contributed by atoms with E-state index in [2.05, 4.69) is 26.6 Å². The van der Waals surface area contributed by atoms with E-state index in [1.54, 1.807) is 24.3 Å². The Morgan fingerprint density at radius 1 is 1.07 bits per heavy atom. The maximum Gasteiger partial charge on any atom is 0.243 e. The Hall–Kier alpha value is -2.45. The molecule has 0 aliphatic rings. The van der Waals surface area contributed by atoms with Crippen molar-refractivity contribution in [1.29, 1.82) is 0 Å². The van der Waals surface area contributed by atoms with Crippen molar-refractivity contribution in [3.05, 3.63) is 68.9 Å². The maximum atomic E-state index is 14.0. The number of rotatable bonds is 8. The highest BCUT2D eigenvalue weighted by Gasteiger charge is 2.26. The van der Waals surface area contributed by atoms with Crippen LogP contribution in [0, 0.1) is 5.82 Å². The van der Waals surface area contributed by atoms with Crippen LogP contribution in [0.1, 0.15) is 18.1 Å². The van der Waals surface area contributed by atoms with E-state index in [0.717, 1.165) is 0 Å². The van der Waals surface area contributed by atoms with Crippen molar-refractivity contribution < 1.29 is 18.8 Å². The third kappa shape index (κ3) is 6.83. The summed E-state index contributed by atoms with van der Waals surface area (Å²) in [5.41, 5.74) is 6.38. The van der Waals surface area contributed by atoms with E-state index >= 15 is 0 Å². The van der Waals surface area contributed by atoms with Crippen molar-refractivity contribution in [2.24, 2.45) is 5.73 Å². The zero-order valence-electron chi connectivity index (χ0n) is 15.5. The molecule has 2 rings (SSSR count). The minimum absolute atomic E-state index is 0.0789. The molecule has 0 aliphatic carbocycles. The van der Waals surface area contributed by atoms with Gasteiger partial charge in [0.25, 0.3) is 0 Å². The number of amides is 3. The summed E-state index contributed by atoms with van der Waals surface area (Å²) in [6.45, 7) is 1.25. The number of halogens is 3. The Labute approximate surface area is 181 Å². The first kappa shape index (κ1) is 22.8. The van der Waals surface area contributed by atoms with Gasteiger partial charge in [0.1, 0.15) is 17.9 Å². The van der Waals surface area contributed by atoms with Gasteiger partial charge in [-0.05, 0) is 35.4 Å². The number of hydrogen-bond donors (Lipinski definition) is 3. The van der Waals surface area contributed by atoms with Gasteiger partial charge < -0.3 is 16.4 Å². The molecule has 2 atom stereocenters. The van der Waals surface area contributed by atoms with Gasteiger partial charge in [0, 0.05) is 29.3 Å². The monoisotopic (exact) mass is 483 g/mol. The van der Waals surface area contributed by atoms with Crippen LogP contribution in [0.25, 0.3) is 0 Å². The molecular formula is C20H20BrClFN3O3. The van der Waals surface area contributed by atoms with E-state index < -0.39 is 35.6 Å². The summed E-state index contributed by atoms with van der Waals surface area (Å²) in [5, 5.41) is 5.49. The van der Waals surface area contributed by atoms with Gasteiger partial charge in [0.15, 0.2) is 0 Å². The fourth-order valence-corrected chi connectivity index (χ4v) is 3.36. The second-order valence-corrected chi connectivity index (χ2v) is 7.74. The van der Waals surface area contributed by atoms with Crippen LogP contribution in [0.4, 0.5) is 4.39 Å². The van der Waals surface area contributed by atoms with E-state index in [1.807, 2.05) is 0 Å². The van der Waals surface area contributed by atoms with Gasteiger partial charge in [-0.3, -0.25) is 14.4 Å². The molecule has 2 aromatic rings. The predicted molar refractivity (Wildman–Crippen MR) is 112 cm³/mol. The lowest BCUT2D eigenvalue weighted by Gasteiger charge is -2.22. The maximum absolute atomic E-state index is 14.0. The molecule has 0 saturated heterocycles. The van der Waals surface area contributed by atoms with E-state index in [-0.39, 0.29) is 18.4 Å². The van der Waals surface area contributed by atoms with Gasteiger partial charge in [0.2, 0.25) is 17.7 Å². The van der Waals surface area contributed by atoms with Crippen LogP contribution in [-0.2, 0) is 27.2 Å². The molecule has 3 amide bonds. The van der Waals surface area contributed by atoms with Crippen LogP contribution in [-0.4, -0.2) is 29.8 Å². The normalized spacial score (nSPS) is 12.7. The van der Waals surface area contributed by atoms with Crippen LogP contribution in [0.15, 0.2) is 46.9 Å². The van der Waals surface area contributed by atoms with E-state index in [4.69, 9.17) is 17.3 Å². The Morgan fingerprint density at radius 2 is 1.72 bits per heavy atom. The van der Waals surface area contributed by atoms with Crippen molar-refractivity contribution in [3.63, 3.8) is 0 Å². The second kappa shape index (κ2) is 10.4. The summed E-state index contributed by atoms with van der Waals surface area (Å²) in [6.07, 6.45) is 0.0130. The first-order valence-corrected chi connectivity index (χ1v) is 9.88. The molecule has 0 saturated carbocycles. The van der Waals surface area contributed by atoms with Gasteiger partial charge in [-0.2, -0.15) is 0 Å². The van der Waals surface area contributed by atoms with Crippen LogP contribution in [0.3, 0.4) is 0 Å². The zero-order valence-corrected chi connectivity index (χ0v) is 17.9. The van der Waals surface area contributed by atoms with Crippen molar-refractivity contribution in [1.82, 2.24) is 10.6 Å². The molecule has 2 aromatic carbocycles. The fraction of sp³-hybridized carbons (Fsp3) is 0.250. The molecule has 0 fully saturated rings. The number of nitrogens with one attached hydrogen (secondary N) is 2. The molecule has 9 heteroatoms. The third-order valence-electron chi connectivity index (χ3n) is 4.17. The number of nitrogens with two attached hydrogens (primary N) is 1. The van der Waals surface area contributed by atoms with E-state index in [1.165, 1.54) is 25.1 Å². The van der Waals surface area contributed by atoms with Crippen molar-refractivity contribution >= 4 is 45.3 Å². The van der Waals surface area contributed by atoms with Gasteiger partial charge in [-0.15, -0.1) is 0 Å². The molecule has 0 spiro atoms. The van der Waals surface area contributed by atoms with Crippen LogP contribution in [0.2, 0.25) is 5.02 Å². The molecule has 0 aromatic heterocycles. The summed E-state index contributed by atoms with van der Waals surface area (Å²) in [4.78, 5) is 36.2. The molecule has 6 nitrogen and oxygen atoms in total. The average Bonchev–Trinajstić information content (AvgIpc) is 2.64. The molecular weight excluding hydrogens is 465 g/mol. The van der Waals surface area contributed by atoms with Crippen LogP contribution in [0.5, 0.6) is 0 Å². The van der Waals surface area contributed by atoms with Crippen LogP contribution >= 0.6 is 27.5 Å². The summed E-state index contributed by atoms with van der Waals surface area (Å²) in [5.74, 6) is -2.36. The fourth-order valence-electron chi connectivity index (χ4n) is 2.75. The number of carbonyl (C=O) groups is 3. The molecule has 29 heavy (non-hydrogen) atoms. The highest BCUT2D eigenvalue weighted by molar-refractivity contribution is 9.10. The topological polar surface area (TPSA) is 101 Å².